The summed E-state index contributed by atoms with van der Waals surface area (Å²) in [5, 5.41) is 4.09. The fraction of sp³-hybridized carbons (Fsp3) is 0.800. The van der Waals surface area contributed by atoms with Gasteiger partial charge in [0.1, 0.15) is 6.61 Å². The number of hydrogen-bond donors (Lipinski definition) is 0. The van der Waals surface area contributed by atoms with Gasteiger partial charge >= 0.3 is 0 Å². The first-order chi connectivity index (χ1) is 6.58. The van der Waals surface area contributed by atoms with Gasteiger partial charge in [-0.25, -0.2) is 0 Å². The highest BCUT2D eigenvalue weighted by atomic mass is 16.6. The molecule has 0 saturated carbocycles. The number of fused-ring (bicyclic) bond motifs is 1. The van der Waals surface area contributed by atoms with Crippen LogP contribution in [0.4, 0.5) is 0 Å². The molecule has 0 aliphatic carbocycles. The number of carbonyl (C=O) groups excluding carboxylic acids is 1. The molecule has 2 rings (SSSR count). The molecular formula is C10H16N2O2. The third-order valence-electron chi connectivity index (χ3n) is 3.10. The summed E-state index contributed by atoms with van der Waals surface area (Å²) in [6.07, 6.45) is 0.927. The first-order valence-corrected chi connectivity index (χ1v) is 5.00. The highest BCUT2D eigenvalue weighted by molar-refractivity contribution is 5.99. The molecule has 78 valence electrons. The molecule has 0 unspecified atom stereocenters. The zero-order chi connectivity index (χ0) is 10.3. The summed E-state index contributed by atoms with van der Waals surface area (Å²) < 4.78 is 0. The predicted molar refractivity (Wildman–Crippen MR) is 52.9 cm³/mol. The van der Waals surface area contributed by atoms with Gasteiger partial charge in [0.2, 0.25) is 6.41 Å². The Morgan fingerprint density at radius 3 is 3.00 bits per heavy atom. The summed E-state index contributed by atoms with van der Waals surface area (Å²) in [4.78, 5) is 17.9. The lowest BCUT2D eigenvalue weighted by atomic mass is 9.84. The SMILES string of the molecule is CC(C)[C@H]1C2=NOC[C@@]2(C)CN1C=O. The van der Waals surface area contributed by atoms with E-state index in [1.807, 2.05) is 4.90 Å². The fourth-order valence-corrected chi connectivity index (χ4v) is 2.43. The minimum absolute atomic E-state index is 0.0458. The van der Waals surface area contributed by atoms with E-state index in [-0.39, 0.29) is 11.5 Å². The largest absolute Gasteiger partial charge is 0.395 e. The Labute approximate surface area is 83.9 Å². The summed E-state index contributed by atoms with van der Waals surface area (Å²) >= 11 is 0. The van der Waals surface area contributed by atoms with Crippen LogP contribution >= 0.6 is 0 Å². The zero-order valence-electron chi connectivity index (χ0n) is 8.86. The summed E-state index contributed by atoms with van der Waals surface area (Å²) in [6.45, 7) is 7.66. The van der Waals surface area contributed by atoms with Crippen LogP contribution in [0.1, 0.15) is 20.8 Å². The lowest BCUT2D eigenvalue weighted by Gasteiger charge is -2.22. The molecule has 0 spiro atoms. The van der Waals surface area contributed by atoms with Crippen LogP contribution in [0.3, 0.4) is 0 Å². The van der Waals surface area contributed by atoms with Crippen molar-refractivity contribution in [3.63, 3.8) is 0 Å². The zero-order valence-corrected chi connectivity index (χ0v) is 8.86. The molecule has 2 aliphatic rings. The van der Waals surface area contributed by atoms with Crippen molar-refractivity contribution in [2.24, 2.45) is 16.5 Å². The van der Waals surface area contributed by atoms with Gasteiger partial charge < -0.3 is 9.74 Å². The van der Waals surface area contributed by atoms with E-state index in [2.05, 4.69) is 25.9 Å². The number of oxime groups is 1. The smallest absolute Gasteiger partial charge is 0.210 e. The summed E-state index contributed by atoms with van der Waals surface area (Å²) in [6, 6.07) is 0.125. The molecule has 2 heterocycles. The Kier molecular flexibility index (Phi) is 2.01. The van der Waals surface area contributed by atoms with Crippen molar-refractivity contribution < 1.29 is 9.63 Å². The van der Waals surface area contributed by atoms with Gasteiger partial charge in [0.15, 0.2) is 0 Å². The predicted octanol–water partition coefficient (Wildman–Crippen LogP) is 0.875. The van der Waals surface area contributed by atoms with Crippen molar-refractivity contribution in [1.82, 2.24) is 4.90 Å². The molecule has 0 aromatic carbocycles. The molecule has 1 fully saturated rings. The molecule has 2 atom stereocenters. The topological polar surface area (TPSA) is 41.9 Å². The van der Waals surface area contributed by atoms with Gasteiger partial charge in [-0.05, 0) is 12.8 Å². The quantitative estimate of drug-likeness (QED) is 0.615. The number of nitrogens with zero attached hydrogens (tertiary/aromatic N) is 2. The molecule has 0 aromatic heterocycles. The molecule has 0 aromatic rings. The van der Waals surface area contributed by atoms with E-state index in [1.54, 1.807) is 0 Å². The van der Waals surface area contributed by atoms with Gasteiger partial charge in [-0.1, -0.05) is 19.0 Å². The average molecular weight is 196 g/mol. The summed E-state index contributed by atoms with van der Waals surface area (Å²) in [5.74, 6) is 0.391. The Balaban J connectivity index is 2.33. The van der Waals surface area contributed by atoms with E-state index < -0.39 is 0 Å². The van der Waals surface area contributed by atoms with Crippen LogP contribution in [0.15, 0.2) is 5.16 Å². The van der Waals surface area contributed by atoms with Crippen LogP contribution in [0.25, 0.3) is 0 Å². The highest BCUT2D eigenvalue weighted by Gasteiger charge is 2.51. The Bertz CT molecular complexity index is 288. The molecule has 0 radical (unpaired) electrons. The van der Waals surface area contributed by atoms with Crippen LogP contribution in [0, 0.1) is 11.3 Å². The number of carbonyl (C=O) groups is 1. The van der Waals surface area contributed by atoms with E-state index in [1.165, 1.54) is 0 Å². The normalized spacial score (nSPS) is 35.6. The molecule has 4 heteroatoms. The minimum Gasteiger partial charge on any atom is -0.395 e. The number of rotatable bonds is 2. The van der Waals surface area contributed by atoms with Crippen LogP contribution in [0.2, 0.25) is 0 Å². The van der Waals surface area contributed by atoms with Crippen LogP contribution in [0.5, 0.6) is 0 Å². The van der Waals surface area contributed by atoms with Crippen molar-refractivity contribution in [1.29, 1.82) is 0 Å². The van der Waals surface area contributed by atoms with Crippen LogP contribution in [-0.4, -0.2) is 36.2 Å². The molecule has 0 N–H and O–H groups in total. The molecule has 1 amide bonds. The Hall–Kier alpha value is -1.06. The molecule has 4 nitrogen and oxygen atoms in total. The van der Waals surface area contributed by atoms with E-state index in [4.69, 9.17) is 4.84 Å². The maximum Gasteiger partial charge on any atom is 0.210 e. The van der Waals surface area contributed by atoms with Crippen molar-refractivity contribution >= 4 is 12.1 Å². The molecule has 0 bridgehead atoms. The third kappa shape index (κ3) is 1.13. The van der Waals surface area contributed by atoms with E-state index in [0.717, 1.165) is 18.7 Å². The van der Waals surface area contributed by atoms with E-state index in [0.29, 0.717) is 12.5 Å². The first kappa shape index (κ1) is 9.49. The van der Waals surface area contributed by atoms with Gasteiger partial charge in [0.05, 0.1) is 17.2 Å². The minimum atomic E-state index is -0.0458. The average Bonchev–Trinajstić information content (AvgIpc) is 2.56. The first-order valence-electron chi connectivity index (χ1n) is 5.00. The van der Waals surface area contributed by atoms with Crippen molar-refractivity contribution in [2.45, 2.75) is 26.8 Å². The maximum absolute atomic E-state index is 10.9. The molecular weight excluding hydrogens is 180 g/mol. The molecule has 1 saturated heterocycles. The summed E-state index contributed by atoms with van der Waals surface area (Å²) in [7, 11) is 0. The number of amides is 1. The van der Waals surface area contributed by atoms with Crippen LogP contribution in [-0.2, 0) is 9.63 Å². The Morgan fingerprint density at radius 2 is 2.43 bits per heavy atom. The highest BCUT2D eigenvalue weighted by Crippen LogP contribution is 2.38. The van der Waals surface area contributed by atoms with Crippen molar-refractivity contribution in [3.05, 3.63) is 0 Å². The number of likely N-dealkylation sites (tertiary alicyclic amines) is 1. The van der Waals surface area contributed by atoms with Gasteiger partial charge in [0, 0.05) is 6.54 Å². The van der Waals surface area contributed by atoms with Gasteiger partial charge in [-0.3, -0.25) is 4.79 Å². The van der Waals surface area contributed by atoms with Gasteiger partial charge in [-0.15, -0.1) is 0 Å². The maximum atomic E-state index is 10.9. The second-order valence-electron chi connectivity index (χ2n) is 4.78. The summed E-state index contributed by atoms with van der Waals surface area (Å²) in [5.41, 5.74) is 0.996. The number of hydrogen-bond acceptors (Lipinski definition) is 3. The second-order valence-corrected chi connectivity index (χ2v) is 4.78. The lowest BCUT2D eigenvalue weighted by molar-refractivity contribution is -0.119. The molecule has 14 heavy (non-hydrogen) atoms. The fourth-order valence-electron chi connectivity index (χ4n) is 2.43. The Morgan fingerprint density at radius 1 is 1.71 bits per heavy atom. The van der Waals surface area contributed by atoms with Crippen LogP contribution < -0.4 is 0 Å². The van der Waals surface area contributed by atoms with Crippen molar-refractivity contribution in [2.75, 3.05) is 13.2 Å². The lowest BCUT2D eigenvalue weighted by Crippen LogP contribution is -2.36. The van der Waals surface area contributed by atoms with Gasteiger partial charge in [0.25, 0.3) is 0 Å². The van der Waals surface area contributed by atoms with E-state index in [9.17, 15) is 4.79 Å². The second kappa shape index (κ2) is 2.97. The molecule has 2 aliphatic heterocycles. The monoisotopic (exact) mass is 196 g/mol. The van der Waals surface area contributed by atoms with E-state index >= 15 is 0 Å². The standard InChI is InChI=1S/C10H16N2O2/c1-7(2)8-9-10(3,5-14-11-9)4-12(8)6-13/h6-8H,4-5H2,1-3H3/t8-,10+/m0/s1. The third-order valence-corrected chi connectivity index (χ3v) is 3.10. The van der Waals surface area contributed by atoms with Crippen molar-refractivity contribution in [3.8, 4) is 0 Å². The van der Waals surface area contributed by atoms with Gasteiger partial charge in [-0.2, -0.15) is 0 Å².